The number of anilines is 2. The average Bonchev–Trinajstić information content (AvgIpc) is 2.68. The van der Waals surface area contributed by atoms with Crippen LogP contribution in [0.4, 0.5) is 11.8 Å². The van der Waals surface area contributed by atoms with Crippen LogP contribution < -0.4 is 15.8 Å². The van der Waals surface area contributed by atoms with E-state index >= 15 is 0 Å². The molecule has 2 aromatic rings. The molecule has 0 spiro atoms. The second-order valence-electron chi connectivity index (χ2n) is 6.38. The van der Waals surface area contributed by atoms with Crippen molar-refractivity contribution in [3.05, 3.63) is 60.3 Å². The largest absolute Gasteiger partial charge is 0.487 e. The number of hydrogen-bond acceptors (Lipinski definition) is 5. The first kappa shape index (κ1) is 18.0. The van der Waals surface area contributed by atoms with Gasteiger partial charge in [0.25, 0.3) is 0 Å². The summed E-state index contributed by atoms with van der Waals surface area (Å²) in [5.74, 6) is 1.87. The van der Waals surface area contributed by atoms with Crippen molar-refractivity contribution in [3.63, 3.8) is 0 Å². The Hall–Kier alpha value is -2.82. The van der Waals surface area contributed by atoms with Crippen molar-refractivity contribution in [2.24, 2.45) is 5.92 Å². The summed E-state index contributed by atoms with van der Waals surface area (Å²) in [6.45, 7) is 3.56. The molecule has 5 nitrogen and oxygen atoms in total. The van der Waals surface area contributed by atoms with Crippen LogP contribution in [-0.2, 0) is 0 Å². The fourth-order valence-corrected chi connectivity index (χ4v) is 2.99. The Morgan fingerprint density at radius 1 is 1.27 bits per heavy atom. The Morgan fingerprint density at radius 3 is 2.92 bits per heavy atom. The Labute approximate surface area is 155 Å². The number of nitrogens with zero attached hydrogens (tertiary/aromatic N) is 2. The van der Waals surface area contributed by atoms with Crippen molar-refractivity contribution in [2.45, 2.75) is 26.2 Å². The maximum atomic E-state index is 6.10. The van der Waals surface area contributed by atoms with Crippen molar-refractivity contribution < 1.29 is 4.74 Å². The first-order chi connectivity index (χ1) is 12.8. The minimum Gasteiger partial charge on any atom is -0.487 e. The van der Waals surface area contributed by atoms with E-state index in [1.165, 1.54) is 11.1 Å². The number of allylic oxidation sites excluding steroid dienone is 3. The number of benzene rings is 1. The molecule has 0 saturated heterocycles. The van der Waals surface area contributed by atoms with Gasteiger partial charge in [0.05, 0.1) is 12.8 Å². The SMILES string of the molecule is CCCCNc1nc(N)ncc1OCC1CC=CC=C1c1ccccc1. The predicted octanol–water partition coefficient (Wildman–Crippen LogP) is 4.31. The summed E-state index contributed by atoms with van der Waals surface area (Å²) in [5.41, 5.74) is 8.27. The van der Waals surface area contributed by atoms with E-state index in [9.17, 15) is 0 Å². The molecule has 3 N–H and O–H groups in total. The summed E-state index contributed by atoms with van der Waals surface area (Å²) in [5, 5.41) is 3.30. The second-order valence-corrected chi connectivity index (χ2v) is 6.38. The Kier molecular flexibility index (Phi) is 6.25. The van der Waals surface area contributed by atoms with E-state index in [2.05, 4.69) is 64.7 Å². The molecule has 5 heteroatoms. The van der Waals surface area contributed by atoms with Gasteiger partial charge in [0.15, 0.2) is 11.6 Å². The summed E-state index contributed by atoms with van der Waals surface area (Å²) in [7, 11) is 0. The third-order valence-corrected chi connectivity index (χ3v) is 4.42. The Morgan fingerprint density at radius 2 is 2.12 bits per heavy atom. The van der Waals surface area contributed by atoms with Crippen molar-refractivity contribution >= 4 is 17.3 Å². The standard InChI is InChI=1S/C21H26N4O/c1-2-3-13-23-20-19(14-24-21(22)25-20)26-15-17-11-7-8-12-18(17)16-9-5-4-6-10-16/h4-10,12,14,17H,2-3,11,13,15H2,1H3,(H3,22,23,24,25). The highest BCUT2D eigenvalue weighted by molar-refractivity contribution is 5.70. The zero-order valence-electron chi connectivity index (χ0n) is 15.2. The predicted molar refractivity (Wildman–Crippen MR) is 107 cm³/mol. The van der Waals surface area contributed by atoms with Crippen LogP contribution >= 0.6 is 0 Å². The molecule has 3 rings (SSSR count). The molecule has 1 unspecified atom stereocenters. The maximum absolute atomic E-state index is 6.10. The van der Waals surface area contributed by atoms with Crippen LogP contribution in [0.25, 0.3) is 5.57 Å². The van der Waals surface area contributed by atoms with E-state index in [0.29, 0.717) is 24.1 Å². The molecule has 1 aliphatic rings. The molecule has 0 amide bonds. The molecule has 0 fully saturated rings. The number of nitrogens with one attached hydrogen (secondary N) is 1. The van der Waals surface area contributed by atoms with Gasteiger partial charge in [-0.25, -0.2) is 4.98 Å². The van der Waals surface area contributed by atoms with Gasteiger partial charge in [-0.15, -0.1) is 0 Å². The molecule has 1 aromatic carbocycles. The van der Waals surface area contributed by atoms with Gasteiger partial charge >= 0.3 is 0 Å². The Balaban J connectivity index is 1.70. The van der Waals surface area contributed by atoms with E-state index in [1.54, 1.807) is 6.20 Å². The second kappa shape index (κ2) is 9.04. The van der Waals surface area contributed by atoms with Gasteiger partial charge in [0.2, 0.25) is 5.95 Å². The number of nitrogens with two attached hydrogens (primary N) is 1. The fraction of sp³-hybridized carbons (Fsp3) is 0.333. The molecule has 0 aliphatic heterocycles. The highest BCUT2D eigenvalue weighted by Crippen LogP contribution is 2.31. The van der Waals surface area contributed by atoms with Crippen molar-refractivity contribution in [3.8, 4) is 5.75 Å². The van der Waals surface area contributed by atoms with Gasteiger partial charge in [-0.05, 0) is 24.0 Å². The van der Waals surface area contributed by atoms with Gasteiger partial charge in [0, 0.05) is 12.5 Å². The quantitative estimate of drug-likeness (QED) is 0.694. The highest BCUT2D eigenvalue weighted by Gasteiger charge is 2.19. The van der Waals surface area contributed by atoms with Crippen LogP contribution in [0.5, 0.6) is 5.75 Å². The van der Waals surface area contributed by atoms with E-state index in [1.807, 2.05) is 6.07 Å². The Bertz CT molecular complexity index is 771. The van der Waals surface area contributed by atoms with E-state index in [0.717, 1.165) is 25.8 Å². The first-order valence-corrected chi connectivity index (χ1v) is 9.19. The van der Waals surface area contributed by atoms with Crippen LogP contribution in [0.2, 0.25) is 0 Å². The minimum absolute atomic E-state index is 0.252. The number of ether oxygens (including phenoxy) is 1. The summed E-state index contributed by atoms with van der Waals surface area (Å²) in [6, 6.07) is 10.4. The van der Waals surface area contributed by atoms with Gasteiger partial charge in [-0.1, -0.05) is 61.9 Å². The third-order valence-electron chi connectivity index (χ3n) is 4.42. The maximum Gasteiger partial charge on any atom is 0.222 e. The fourth-order valence-electron chi connectivity index (χ4n) is 2.99. The molecule has 1 heterocycles. The van der Waals surface area contributed by atoms with Crippen molar-refractivity contribution in [2.75, 3.05) is 24.2 Å². The van der Waals surface area contributed by atoms with Crippen LogP contribution in [-0.4, -0.2) is 23.1 Å². The van der Waals surface area contributed by atoms with Gasteiger partial charge < -0.3 is 15.8 Å². The number of nitrogen functional groups attached to an aromatic ring is 1. The summed E-state index contributed by atoms with van der Waals surface area (Å²) < 4.78 is 6.10. The van der Waals surface area contributed by atoms with Crippen LogP contribution in [0.15, 0.2) is 54.8 Å². The molecule has 1 atom stereocenters. The number of hydrogen-bond donors (Lipinski definition) is 2. The topological polar surface area (TPSA) is 73.1 Å². The van der Waals surface area contributed by atoms with Gasteiger partial charge in [-0.3, -0.25) is 0 Å². The zero-order chi connectivity index (χ0) is 18.2. The van der Waals surface area contributed by atoms with E-state index < -0.39 is 0 Å². The van der Waals surface area contributed by atoms with E-state index in [-0.39, 0.29) is 5.95 Å². The van der Waals surface area contributed by atoms with Crippen LogP contribution in [0.1, 0.15) is 31.7 Å². The molecular weight excluding hydrogens is 324 g/mol. The average molecular weight is 350 g/mol. The highest BCUT2D eigenvalue weighted by atomic mass is 16.5. The summed E-state index contributed by atoms with van der Waals surface area (Å²) in [6.07, 6.45) is 11.3. The lowest BCUT2D eigenvalue weighted by molar-refractivity contribution is 0.280. The molecule has 26 heavy (non-hydrogen) atoms. The monoisotopic (exact) mass is 350 g/mol. The first-order valence-electron chi connectivity index (χ1n) is 9.19. The molecule has 0 radical (unpaired) electrons. The minimum atomic E-state index is 0.252. The molecule has 1 aromatic heterocycles. The van der Waals surface area contributed by atoms with E-state index in [4.69, 9.17) is 10.5 Å². The van der Waals surface area contributed by atoms with Crippen molar-refractivity contribution in [1.82, 2.24) is 9.97 Å². The lowest BCUT2D eigenvalue weighted by Crippen LogP contribution is -2.16. The third kappa shape index (κ3) is 4.63. The van der Waals surface area contributed by atoms with Gasteiger partial charge in [-0.2, -0.15) is 4.98 Å². The lowest BCUT2D eigenvalue weighted by Gasteiger charge is -2.23. The molecule has 0 saturated carbocycles. The van der Waals surface area contributed by atoms with Crippen molar-refractivity contribution in [1.29, 1.82) is 0 Å². The summed E-state index contributed by atoms with van der Waals surface area (Å²) in [4.78, 5) is 8.37. The molecular formula is C21H26N4O. The summed E-state index contributed by atoms with van der Waals surface area (Å²) >= 11 is 0. The zero-order valence-corrected chi connectivity index (χ0v) is 15.2. The lowest BCUT2D eigenvalue weighted by atomic mass is 9.87. The smallest absolute Gasteiger partial charge is 0.222 e. The number of rotatable bonds is 8. The molecule has 1 aliphatic carbocycles. The molecule has 0 bridgehead atoms. The van der Waals surface area contributed by atoms with Crippen LogP contribution in [0, 0.1) is 5.92 Å². The molecule has 136 valence electrons. The number of unbranched alkanes of at least 4 members (excludes halogenated alkanes) is 1. The van der Waals surface area contributed by atoms with Crippen LogP contribution in [0.3, 0.4) is 0 Å². The normalized spacial score (nSPS) is 16.2. The van der Waals surface area contributed by atoms with Gasteiger partial charge in [0.1, 0.15) is 0 Å². The number of aromatic nitrogens is 2.